The Bertz CT molecular complexity index is 1390. The number of carboxylic acid groups (broad SMARTS) is 1. The van der Waals surface area contributed by atoms with E-state index in [2.05, 4.69) is 0 Å². The van der Waals surface area contributed by atoms with Crippen molar-refractivity contribution < 1.29 is 14.6 Å². The molecule has 1 unspecified atom stereocenters. The van der Waals surface area contributed by atoms with Crippen molar-refractivity contribution >= 4 is 16.9 Å². The fourth-order valence-corrected chi connectivity index (χ4v) is 4.31. The first kappa shape index (κ1) is 23.5. The summed E-state index contributed by atoms with van der Waals surface area (Å²) in [6.07, 6.45) is 0.580. The number of benzene rings is 2. The Balaban J connectivity index is 2.04. The normalized spacial score (nSPS) is 12.7. The van der Waals surface area contributed by atoms with Crippen LogP contribution in [0.4, 0.5) is 0 Å². The molecule has 0 amide bonds. The van der Waals surface area contributed by atoms with E-state index in [0.717, 1.165) is 16.7 Å². The minimum atomic E-state index is -1.31. The van der Waals surface area contributed by atoms with Gasteiger partial charge in [-0.05, 0) is 44.9 Å². The summed E-state index contributed by atoms with van der Waals surface area (Å²) in [7, 11) is 1.62. The van der Waals surface area contributed by atoms with Gasteiger partial charge in [-0.1, -0.05) is 60.2 Å². The molecular formula is C28H30N2O4. The van der Waals surface area contributed by atoms with Gasteiger partial charge in [-0.15, -0.1) is 0 Å². The van der Waals surface area contributed by atoms with Crippen molar-refractivity contribution in [3.05, 3.63) is 94.0 Å². The summed E-state index contributed by atoms with van der Waals surface area (Å²) in [5.41, 5.74) is 3.58. The standard InChI is InChI=1S/C28H30N2O4/c1-18-11-13-20(14-12-18)22-21-15-16-30(17-19-9-7-6-8-10-19)23(21)26(31)29(5)24(22)25(27(32)33)34-28(2,3)4/h6-16,25H,17H2,1-5H3,(H,32,33). The van der Waals surface area contributed by atoms with Crippen molar-refractivity contribution in [3.8, 4) is 11.1 Å². The molecule has 176 valence electrons. The van der Waals surface area contributed by atoms with Crippen molar-refractivity contribution in [3.63, 3.8) is 0 Å². The maximum atomic E-state index is 13.6. The van der Waals surface area contributed by atoms with E-state index in [1.807, 2.05) is 99.1 Å². The van der Waals surface area contributed by atoms with Gasteiger partial charge >= 0.3 is 5.97 Å². The van der Waals surface area contributed by atoms with Crippen LogP contribution in [0.1, 0.15) is 43.7 Å². The minimum absolute atomic E-state index is 0.259. The Kier molecular flexibility index (Phi) is 6.19. The molecule has 34 heavy (non-hydrogen) atoms. The monoisotopic (exact) mass is 458 g/mol. The van der Waals surface area contributed by atoms with Crippen molar-refractivity contribution in [2.24, 2.45) is 7.05 Å². The van der Waals surface area contributed by atoms with Crippen LogP contribution in [0.15, 0.2) is 71.7 Å². The van der Waals surface area contributed by atoms with Gasteiger partial charge in [0.05, 0.1) is 11.3 Å². The molecule has 6 nitrogen and oxygen atoms in total. The zero-order valence-corrected chi connectivity index (χ0v) is 20.2. The van der Waals surface area contributed by atoms with Crippen LogP contribution in [0, 0.1) is 6.92 Å². The van der Waals surface area contributed by atoms with Crippen LogP contribution in [0.25, 0.3) is 22.0 Å². The number of fused-ring (bicyclic) bond motifs is 1. The second-order valence-corrected chi connectivity index (χ2v) is 9.63. The highest BCUT2D eigenvalue weighted by atomic mass is 16.5. The molecule has 6 heteroatoms. The highest BCUT2D eigenvalue weighted by Crippen LogP contribution is 2.37. The Morgan fingerprint density at radius 3 is 2.26 bits per heavy atom. The van der Waals surface area contributed by atoms with Crippen LogP contribution in [0.2, 0.25) is 0 Å². The van der Waals surface area contributed by atoms with Crippen LogP contribution in [0.3, 0.4) is 0 Å². The second-order valence-electron chi connectivity index (χ2n) is 9.63. The summed E-state index contributed by atoms with van der Waals surface area (Å²) in [4.78, 5) is 26.1. The Hall–Kier alpha value is -3.64. The fraction of sp³-hybridized carbons (Fsp3) is 0.286. The van der Waals surface area contributed by atoms with Crippen molar-refractivity contribution in [1.29, 1.82) is 0 Å². The van der Waals surface area contributed by atoms with Crippen molar-refractivity contribution in [2.75, 3.05) is 0 Å². The summed E-state index contributed by atoms with van der Waals surface area (Å²) in [6.45, 7) is 7.96. The van der Waals surface area contributed by atoms with E-state index in [4.69, 9.17) is 4.74 Å². The van der Waals surface area contributed by atoms with E-state index in [-0.39, 0.29) is 5.56 Å². The Morgan fingerprint density at radius 2 is 1.68 bits per heavy atom. The highest BCUT2D eigenvalue weighted by Gasteiger charge is 2.33. The minimum Gasteiger partial charge on any atom is -0.479 e. The van der Waals surface area contributed by atoms with Gasteiger partial charge in [0.25, 0.3) is 5.56 Å². The largest absolute Gasteiger partial charge is 0.479 e. The molecule has 0 aliphatic carbocycles. The summed E-state index contributed by atoms with van der Waals surface area (Å²) >= 11 is 0. The molecule has 0 aliphatic rings. The lowest BCUT2D eigenvalue weighted by Gasteiger charge is -2.28. The number of ether oxygens (including phenoxy) is 1. The maximum absolute atomic E-state index is 13.6. The third kappa shape index (κ3) is 4.54. The lowest BCUT2D eigenvalue weighted by Crippen LogP contribution is -2.33. The van der Waals surface area contributed by atoms with E-state index in [9.17, 15) is 14.7 Å². The number of hydrogen-bond acceptors (Lipinski definition) is 3. The molecule has 0 aliphatic heterocycles. The summed E-state index contributed by atoms with van der Waals surface area (Å²) in [5.74, 6) is -1.14. The molecule has 2 aromatic heterocycles. The summed E-state index contributed by atoms with van der Waals surface area (Å²) in [5, 5.41) is 10.9. The third-order valence-corrected chi connectivity index (χ3v) is 5.84. The van der Waals surface area contributed by atoms with E-state index >= 15 is 0 Å². The number of rotatable bonds is 6. The molecule has 0 spiro atoms. The van der Waals surface area contributed by atoms with Gasteiger partial charge in [0.1, 0.15) is 5.52 Å². The molecule has 0 fully saturated rings. The Labute approximate surface area is 199 Å². The average Bonchev–Trinajstić information content (AvgIpc) is 3.19. The van der Waals surface area contributed by atoms with Gasteiger partial charge in [-0.3, -0.25) is 4.79 Å². The smallest absolute Gasteiger partial charge is 0.339 e. The SMILES string of the molecule is Cc1ccc(-c2c(C(OC(C)(C)C)C(=O)O)n(C)c(=O)c3c2ccn3Cc2ccccc2)cc1. The molecule has 1 N–H and O–H groups in total. The molecule has 0 bridgehead atoms. The van der Waals surface area contributed by atoms with Crippen LogP contribution in [0.5, 0.6) is 0 Å². The van der Waals surface area contributed by atoms with E-state index in [1.165, 1.54) is 4.57 Å². The molecule has 1 atom stereocenters. The second kappa shape index (κ2) is 8.95. The molecule has 0 radical (unpaired) electrons. The van der Waals surface area contributed by atoms with Gasteiger partial charge in [-0.25, -0.2) is 4.79 Å². The third-order valence-electron chi connectivity index (χ3n) is 5.84. The predicted molar refractivity (Wildman–Crippen MR) is 134 cm³/mol. The topological polar surface area (TPSA) is 73.5 Å². The highest BCUT2D eigenvalue weighted by molar-refractivity contribution is 5.98. The first-order chi connectivity index (χ1) is 16.1. The number of nitrogens with zero attached hydrogens (tertiary/aromatic N) is 2. The number of hydrogen-bond donors (Lipinski definition) is 1. The van der Waals surface area contributed by atoms with Gasteiger partial charge in [-0.2, -0.15) is 0 Å². The summed E-state index contributed by atoms with van der Waals surface area (Å²) in [6, 6.07) is 19.7. The van der Waals surface area contributed by atoms with E-state index in [0.29, 0.717) is 28.7 Å². The van der Waals surface area contributed by atoms with Crippen LogP contribution < -0.4 is 5.56 Å². The van der Waals surface area contributed by atoms with E-state index in [1.54, 1.807) is 7.05 Å². The first-order valence-electron chi connectivity index (χ1n) is 11.3. The summed E-state index contributed by atoms with van der Waals surface area (Å²) < 4.78 is 9.35. The average molecular weight is 459 g/mol. The van der Waals surface area contributed by atoms with Crippen LogP contribution in [-0.4, -0.2) is 25.8 Å². The number of aromatic nitrogens is 2. The molecule has 4 rings (SSSR count). The van der Waals surface area contributed by atoms with Gasteiger partial charge in [0.2, 0.25) is 0 Å². The lowest BCUT2D eigenvalue weighted by molar-refractivity contribution is -0.161. The van der Waals surface area contributed by atoms with Gasteiger partial charge < -0.3 is 19.0 Å². The molecule has 0 saturated heterocycles. The molecule has 2 heterocycles. The first-order valence-corrected chi connectivity index (χ1v) is 11.3. The lowest BCUT2D eigenvalue weighted by atomic mass is 9.95. The number of carboxylic acids is 1. The number of aliphatic carboxylic acids is 1. The zero-order valence-electron chi connectivity index (χ0n) is 20.2. The number of aryl methyl sites for hydroxylation is 1. The fourth-order valence-electron chi connectivity index (χ4n) is 4.31. The van der Waals surface area contributed by atoms with Crippen LogP contribution in [-0.2, 0) is 23.1 Å². The quantitative estimate of drug-likeness (QED) is 0.425. The molecule has 0 saturated carbocycles. The van der Waals surface area contributed by atoms with Crippen molar-refractivity contribution in [2.45, 2.75) is 45.9 Å². The van der Waals surface area contributed by atoms with E-state index < -0.39 is 17.7 Å². The number of pyridine rings is 1. The number of carbonyl (C=O) groups is 1. The van der Waals surface area contributed by atoms with Gasteiger partial charge in [0.15, 0.2) is 6.10 Å². The van der Waals surface area contributed by atoms with Crippen LogP contribution >= 0.6 is 0 Å². The maximum Gasteiger partial charge on any atom is 0.339 e. The molecular weight excluding hydrogens is 428 g/mol. The predicted octanol–water partition coefficient (Wildman–Crippen LogP) is 5.30. The molecule has 4 aromatic rings. The Morgan fingerprint density at radius 1 is 1.03 bits per heavy atom. The zero-order chi connectivity index (χ0) is 24.6. The van der Waals surface area contributed by atoms with Gasteiger partial charge in [0, 0.05) is 30.7 Å². The molecule has 2 aromatic carbocycles. The van der Waals surface area contributed by atoms with Crippen molar-refractivity contribution in [1.82, 2.24) is 9.13 Å².